The van der Waals surface area contributed by atoms with E-state index in [0.717, 1.165) is 38.0 Å². The average Bonchev–Trinajstić information content (AvgIpc) is 3.28. The van der Waals surface area contributed by atoms with Crippen molar-refractivity contribution in [3.05, 3.63) is 65.5 Å². The Morgan fingerprint density at radius 1 is 1.15 bits per heavy atom. The number of nitrogens with zero attached hydrogens (tertiary/aromatic N) is 1. The SMILES string of the molecule is NC(C(=O)Nc1ccc(C2(CN3CCCC3)CC2)cc1F)c1ccccc1. The highest BCUT2D eigenvalue weighted by atomic mass is 19.1. The van der Waals surface area contributed by atoms with Gasteiger partial charge in [0, 0.05) is 12.0 Å². The number of carbonyl (C=O) groups excluding carboxylic acids is 1. The number of carbonyl (C=O) groups is 1. The molecule has 2 aromatic rings. The number of benzene rings is 2. The van der Waals surface area contributed by atoms with Gasteiger partial charge in [0.2, 0.25) is 5.91 Å². The van der Waals surface area contributed by atoms with Crippen LogP contribution in [0.1, 0.15) is 42.9 Å². The molecule has 1 heterocycles. The first-order valence-electron chi connectivity index (χ1n) is 9.71. The van der Waals surface area contributed by atoms with Crippen LogP contribution in [0.15, 0.2) is 48.5 Å². The van der Waals surface area contributed by atoms with E-state index >= 15 is 0 Å². The van der Waals surface area contributed by atoms with E-state index < -0.39 is 17.8 Å². The second-order valence-electron chi connectivity index (χ2n) is 7.84. The summed E-state index contributed by atoms with van der Waals surface area (Å²) in [5, 5.41) is 2.63. The van der Waals surface area contributed by atoms with Crippen LogP contribution >= 0.6 is 0 Å². The quantitative estimate of drug-likeness (QED) is 0.820. The van der Waals surface area contributed by atoms with E-state index in [-0.39, 0.29) is 11.1 Å². The summed E-state index contributed by atoms with van der Waals surface area (Å²) in [6.07, 6.45) is 4.73. The molecule has 0 aromatic heterocycles. The number of nitrogens with two attached hydrogens (primary N) is 1. The van der Waals surface area contributed by atoms with Crippen LogP contribution in [0.3, 0.4) is 0 Å². The van der Waals surface area contributed by atoms with Gasteiger partial charge in [0.1, 0.15) is 11.9 Å². The molecule has 2 fully saturated rings. The smallest absolute Gasteiger partial charge is 0.245 e. The maximum Gasteiger partial charge on any atom is 0.245 e. The molecule has 1 amide bonds. The summed E-state index contributed by atoms with van der Waals surface area (Å²) < 4.78 is 14.7. The lowest BCUT2D eigenvalue weighted by atomic mass is 9.94. The third-order valence-corrected chi connectivity index (χ3v) is 5.86. The summed E-state index contributed by atoms with van der Waals surface area (Å²) in [5.74, 6) is -0.806. The first kappa shape index (κ1) is 18.1. The fraction of sp³-hybridized carbons (Fsp3) is 0.409. The first-order chi connectivity index (χ1) is 13.1. The van der Waals surface area contributed by atoms with Crippen molar-refractivity contribution in [2.24, 2.45) is 5.73 Å². The molecule has 1 atom stereocenters. The summed E-state index contributed by atoms with van der Waals surface area (Å²) >= 11 is 0. The van der Waals surface area contributed by atoms with Crippen LogP contribution in [0.5, 0.6) is 0 Å². The molecule has 27 heavy (non-hydrogen) atoms. The van der Waals surface area contributed by atoms with Crippen LogP contribution in [0.2, 0.25) is 0 Å². The first-order valence-corrected chi connectivity index (χ1v) is 9.71. The Labute approximate surface area is 159 Å². The molecule has 3 N–H and O–H groups in total. The third-order valence-electron chi connectivity index (χ3n) is 5.86. The number of amides is 1. The minimum atomic E-state index is -0.824. The summed E-state index contributed by atoms with van der Waals surface area (Å²) in [6, 6.07) is 13.5. The monoisotopic (exact) mass is 367 g/mol. The molecule has 0 spiro atoms. The second kappa shape index (κ2) is 7.41. The standard InChI is InChI=1S/C22H26FN3O/c23-18-14-17(22(10-11-22)15-26-12-4-5-13-26)8-9-19(18)25-21(27)20(24)16-6-2-1-3-7-16/h1-3,6-9,14,20H,4-5,10-13,15,24H2,(H,25,27). The molecular formula is C22H26FN3O. The van der Waals surface area contributed by atoms with Gasteiger partial charge >= 0.3 is 0 Å². The van der Waals surface area contributed by atoms with Crippen molar-refractivity contribution >= 4 is 11.6 Å². The minimum absolute atomic E-state index is 0.0914. The van der Waals surface area contributed by atoms with Gasteiger partial charge in [-0.2, -0.15) is 0 Å². The Kier molecular flexibility index (Phi) is 4.98. The molecule has 1 unspecified atom stereocenters. The Hall–Kier alpha value is -2.24. The zero-order valence-electron chi connectivity index (χ0n) is 15.5. The maximum absolute atomic E-state index is 14.7. The molecule has 1 aliphatic carbocycles. The van der Waals surface area contributed by atoms with Crippen molar-refractivity contribution in [2.45, 2.75) is 37.1 Å². The minimum Gasteiger partial charge on any atom is -0.322 e. The van der Waals surface area contributed by atoms with Gasteiger partial charge in [-0.1, -0.05) is 36.4 Å². The number of likely N-dealkylation sites (tertiary alicyclic amines) is 1. The normalized spacial score (nSPS) is 19.6. The highest BCUT2D eigenvalue weighted by molar-refractivity contribution is 5.95. The highest BCUT2D eigenvalue weighted by Gasteiger charge is 2.45. The van der Waals surface area contributed by atoms with E-state index in [9.17, 15) is 9.18 Å². The fourth-order valence-corrected chi connectivity index (χ4v) is 4.03. The van der Waals surface area contributed by atoms with Crippen LogP contribution in [0, 0.1) is 5.82 Å². The zero-order valence-corrected chi connectivity index (χ0v) is 15.5. The van der Waals surface area contributed by atoms with E-state index in [2.05, 4.69) is 10.2 Å². The zero-order chi connectivity index (χ0) is 18.9. The van der Waals surface area contributed by atoms with E-state index in [1.165, 1.54) is 12.8 Å². The molecule has 1 aliphatic heterocycles. The van der Waals surface area contributed by atoms with Crippen LogP contribution < -0.4 is 11.1 Å². The van der Waals surface area contributed by atoms with E-state index in [1.807, 2.05) is 24.3 Å². The predicted octanol–water partition coefficient (Wildman–Crippen LogP) is 3.59. The van der Waals surface area contributed by atoms with Gasteiger partial charge in [-0.15, -0.1) is 0 Å². The van der Waals surface area contributed by atoms with Crippen molar-refractivity contribution in [3.8, 4) is 0 Å². The highest BCUT2D eigenvalue weighted by Crippen LogP contribution is 2.49. The summed E-state index contributed by atoms with van der Waals surface area (Å²) in [5.41, 5.74) is 8.02. The molecule has 4 rings (SSSR count). The van der Waals surface area contributed by atoms with Crippen LogP contribution in [0.4, 0.5) is 10.1 Å². The molecule has 142 valence electrons. The predicted molar refractivity (Wildman–Crippen MR) is 105 cm³/mol. The lowest BCUT2D eigenvalue weighted by Crippen LogP contribution is -2.30. The number of hydrogen-bond donors (Lipinski definition) is 2. The van der Waals surface area contributed by atoms with Gasteiger partial charge in [0.15, 0.2) is 0 Å². The van der Waals surface area contributed by atoms with Crippen molar-refractivity contribution < 1.29 is 9.18 Å². The van der Waals surface area contributed by atoms with E-state index in [1.54, 1.807) is 24.3 Å². The van der Waals surface area contributed by atoms with Gasteiger partial charge < -0.3 is 16.0 Å². The number of nitrogens with one attached hydrogen (secondary N) is 1. The molecule has 2 aromatic carbocycles. The van der Waals surface area contributed by atoms with Gasteiger partial charge in [-0.25, -0.2) is 4.39 Å². The summed E-state index contributed by atoms with van der Waals surface area (Å²) in [7, 11) is 0. The van der Waals surface area contributed by atoms with Crippen LogP contribution in [0.25, 0.3) is 0 Å². The fourth-order valence-electron chi connectivity index (χ4n) is 4.03. The molecule has 0 bridgehead atoms. The topological polar surface area (TPSA) is 58.4 Å². The summed E-state index contributed by atoms with van der Waals surface area (Å²) in [6.45, 7) is 3.31. The van der Waals surface area contributed by atoms with Crippen LogP contribution in [-0.4, -0.2) is 30.4 Å². The molecule has 4 nitrogen and oxygen atoms in total. The molecule has 1 saturated heterocycles. The Balaban J connectivity index is 1.45. The largest absolute Gasteiger partial charge is 0.322 e. The lowest BCUT2D eigenvalue weighted by molar-refractivity contribution is -0.117. The maximum atomic E-state index is 14.7. The Bertz CT molecular complexity index is 814. The summed E-state index contributed by atoms with van der Waals surface area (Å²) in [4.78, 5) is 14.9. The van der Waals surface area contributed by atoms with Gasteiger partial charge in [-0.3, -0.25) is 4.79 Å². The number of rotatable bonds is 6. The van der Waals surface area contributed by atoms with Crippen LogP contribution in [-0.2, 0) is 10.2 Å². The van der Waals surface area contributed by atoms with Crippen molar-refractivity contribution in [3.63, 3.8) is 0 Å². The van der Waals surface area contributed by atoms with Crippen molar-refractivity contribution in [1.82, 2.24) is 4.90 Å². The average molecular weight is 367 g/mol. The van der Waals surface area contributed by atoms with Gasteiger partial charge in [0.25, 0.3) is 0 Å². The molecule has 1 saturated carbocycles. The third kappa shape index (κ3) is 3.89. The molecule has 2 aliphatic rings. The van der Waals surface area contributed by atoms with Crippen molar-refractivity contribution in [2.75, 3.05) is 25.0 Å². The van der Waals surface area contributed by atoms with E-state index in [0.29, 0.717) is 5.56 Å². The second-order valence-corrected chi connectivity index (χ2v) is 7.84. The number of halogens is 1. The van der Waals surface area contributed by atoms with Crippen molar-refractivity contribution in [1.29, 1.82) is 0 Å². The number of hydrogen-bond acceptors (Lipinski definition) is 3. The van der Waals surface area contributed by atoms with E-state index in [4.69, 9.17) is 5.73 Å². The lowest BCUT2D eigenvalue weighted by Gasteiger charge is -2.24. The Morgan fingerprint density at radius 3 is 2.48 bits per heavy atom. The Morgan fingerprint density at radius 2 is 1.85 bits per heavy atom. The molecule has 5 heteroatoms. The number of anilines is 1. The molecule has 0 radical (unpaired) electrons. The van der Waals surface area contributed by atoms with Gasteiger partial charge in [-0.05, 0) is 62.0 Å². The van der Waals surface area contributed by atoms with Gasteiger partial charge in [0.05, 0.1) is 5.69 Å². The molecular weight excluding hydrogens is 341 g/mol.